The molecule has 3 aromatic carbocycles. The molecule has 0 radical (unpaired) electrons. The molecule has 1 N–H and O–H groups in total. The Morgan fingerprint density at radius 2 is 1.78 bits per heavy atom. The molecular weight excluding hydrogens is 408 g/mol. The van der Waals surface area contributed by atoms with Gasteiger partial charge in [-0.3, -0.25) is 14.4 Å². The van der Waals surface area contributed by atoms with Crippen molar-refractivity contribution in [3.8, 4) is 5.75 Å². The fraction of sp³-hybridized carbons (Fsp3) is 0.240. The molecule has 1 atom stereocenters. The molecule has 164 valence electrons. The molecule has 4 rings (SSSR count). The second kappa shape index (κ2) is 9.51. The van der Waals surface area contributed by atoms with Crippen LogP contribution in [0.1, 0.15) is 13.3 Å². The van der Waals surface area contributed by atoms with Crippen molar-refractivity contribution in [2.24, 2.45) is 5.92 Å². The molecule has 32 heavy (non-hydrogen) atoms. The van der Waals surface area contributed by atoms with Crippen molar-refractivity contribution < 1.29 is 23.9 Å². The van der Waals surface area contributed by atoms with Crippen LogP contribution in [0.25, 0.3) is 10.8 Å². The van der Waals surface area contributed by atoms with Crippen molar-refractivity contribution in [3.05, 3.63) is 66.7 Å². The number of nitrogens with zero attached hydrogens (tertiary/aromatic N) is 1. The van der Waals surface area contributed by atoms with Crippen molar-refractivity contribution >= 4 is 39.9 Å². The lowest BCUT2D eigenvalue weighted by molar-refractivity contribution is -0.151. The molecule has 0 spiro atoms. The van der Waals surface area contributed by atoms with Gasteiger partial charge >= 0.3 is 5.97 Å². The minimum Gasteiger partial charge on any atom is -0.494 e. The number of benzene rings is 3. The van der Waals surface area contributed by atoms with E-state index in [-0.39, 0.29) is 18.9 Å². The number of nitrogens with one attached hydrogen (secondary N) is 1. The molecular formula is C25H24N2O5. The van der Waals surface area contributed by atoms with Crippen LogP contribution in [0.3, 0.4) is 0 Å². The molecule has 0 aliphatic carbocycles. The van der Waals surface area contributed by atoms with Crippen molar-refractivity contribution in [3.63, 3.8) is 0 Å². The standard InChI is InChI=1S/C25H24N2O5/c1-2-31-20-12-10-19(11-13-20)27-15-18(14-24(27)29)25(30)32-16-23(28)26-22-9-5-7-17-6-3-4-8-21(17)22/h3-13,18H,2,14-16H2,1H3,(H,26,28)/t18-/m0/s1. The topological polar surface area (TPSA) is 84.9 Å². The molecule has 1 saturated heterocycles. The monoisotopic (exact) mass is 432 g/mol. The van der Waals surface area contributed by atoms with Crippen LogP contribution in [0, 0.1) is 5.92 Å². The zero-order valence-electron chi connectivity index (χ0n) is 17.7. The van der Waals surface area contributed by atoms with Gasteiger partial charge in [0.25, 0.3) is 5.91 Å². The summed E-state index contributed by atoms with van der Waals surface area (Å²) in [5, 5.41) is 4.69. The van der Waals surface area contributed by atoms with Gasteiger partial charge in [-0.1, -0.05) is 36.4 Å². The van der Waals surface area contributed by atoms with Gasteiger partial charge in [0.1, 0.15) is 5.75 Å². The summed E-state index contributed by atoms with van der Waals surface area (Å²) >= 11 is 0. The Hall–Kier alpha value is -3.87. The summed E-state index contributed by atoms with van der Waals surface area (Å²) in [7, 11) is 0. The Bertz CT molecular complexity index is 1140. The van der Waals surface area contributed by atoms with Crippen LogP contribution < -0.4 is 15.0 Å². The van der Waals surface area contributed by atoms with Gasteiger partial charge in [0.15, 0.2) is 6.61 Å². The summed E-state index contributed by atoms with van der Waals surface area (Å²) < 4.78 is 10.6. The Balaban J connectivity index is 1.32. The third-order valence-electron chi connectivity index (χ3n) is 5.33. The molecule has 1 aliphatic rings. The quantitative estimate of drug-likeness (QED) is 0.575. The van der Waals surface area contributed by atoms with Gasteiger partial charge in [0.05, 0.1) is 12.5 Å². The summed E-state index contributed by atoms with van der Waals surface area (Å²) in [5.74, 6) is -1.03. The van der Waals surface area contributed by atoms with E-state index in [1.807, 2.05) is 43.3 Å². The fourth-order valence-corrected chi connectivity index (χ4v) is 3.78. The largest absolute Gasteiger partial charge is 0.494 e. The maximum Gasteiger partial charge on any atom is 0.311 e. The Morgan fingerprint density at radius 1 is 1.03 bits per heavy atom. The van der Waals surface area contributed by atoms with Crippen LogP contribution in [0.2, 0.25) is 0 Å². The summed E-state index contributed by atoms with van der Waals surface area (Å²) in [6.45, 7) is 2.27. The minimum absolute atomic E-state index is 0.0526. The van der Waals surface area contributed by atoms with Gasteiger partial charge in [0.2, 0.25) is 5.91 Å². The normalized spacial score (nSPS) is 15.6. The number of amides is 2. The van der Waals surface area contributed by atoms with Crippen molar-refractivity contribution in [1.29, 1.82) is 0 Å². The lowest BCUT2D eigenvalue weighted by Crippen LogP contribution is -2.28. The third-order valence-corrected chi connectivity index (χ3v) is 5.33. The summed E-state index contributed by atoms with van der Waals surface area (Å²) in [6, 6.07) is 20.4. The number of carbonyl (C=O) groups excluding carboxylic acids is 3. The summed E-state index contributed by atoms with van der Waals surface area (Å²) in [5.41, 5.74) is 1.35. The summed E-state index contributed by atoms with van der Waals surface area (Å²) in [4.78, 5) is 38.8. The lowest BCUT2D eigenvalue weighted by atomic mass is 10.1. The fourth-order valence-electron chi connectivity index (χ4n) is 3.78. The van der Waals surface area contributed by atoms with Crippen molar-refractivity contribution in [2.75, 3.05) is 30.0 Å². The molecule has 0 saturated carbocycles. The van der Waals surface area contributed by atoms with Gasteiger partial charge in [0, 0.05) is 29.7 Å². The van der Waals surface area contributed by atoms with E-state index in [0.717, 1.165) is 16.5 Å². The molecule has 1 heterocycles. The number of carbonyl (C=O) groups is 3. The van der Waals surface area contributed by atoms with Gasteiger partial charge in [-0.2, -0.15) is 0 Å². The average molecular weight is 432 g/mol. The Kier molecular flexibility index (Phi) is 6.35. The first-order valence-corrected chi connectivity index (χ1v) is 10.5. The number of ether oxygens (including phenoxy) is 2. The molecule has 0 unspecified atom stereocenters. The van der Waals surface area contributed by atoms with Crippen molar-refractivity contribution in [2.45, 2.75) is 13.3 Å². The minimum atomic E-state index is -0.612. The van der Waals surface area contributed by atoms with Gasteiger partial charge in [-0.15, -0.1) is 0 Å². The number of hydrogen-bond donors (Lipinski definition) is 1. The number of hydrogen-bond acceptors (Lipinski definition) is 5. The zero-order chi connectivity index (χ0) is 22.5. The molecule has 7 heteroatoms. The van der Waals surface area contributed by atoms with Crippen LogP contribution >= 0.6 is 0 Å². The molecule has 0 bridgehead atoms. The Morgan fingerprint density at radius 3 is 2.56 bits per heavy atom. The van der Waals surface area contributed by atoms with E-state index in [2.05, 4.69) is 5.32 Å². The number of esters is 1. The highest BCUT2D eigenvalue weighted by atomic mass is 16.5. The van der Waals surface area contributed by atoms with Gasteiger partial charge in [-0.25, -0.2) is 0 Å². The van der Waals surface area contributed by atoms with Crippen LogP contribution in [0.5, 0.6) is 5.75 Å². The highest BCUT2D eigenvalue weighted by molar-refractivity contribution is 6.03. The maximum absolute atomic E-state index is 12.5. The van der Waals surface area contributed by atoms with Crippen LogP contribution in [-0.4, -0.2) is 37.5 Å². The highest BCUT2D eigenvalue weighted by Crippen LogP contribution is 2.28. The van der Waals surface area contributed by atoms with Crippen LogP contribution in [0.4, 0.5) is 11.4 Å². The van der Waals surface area contributed by atoms with E-state index in [1.54, 1.807) is 35.2 Å². The first-order chi connectivity index (χ1) is 15.5. The van der Waals surface area contributed by atoms with E-state index >= 15 is 0 Å². The summed E-state index contributed by atoms with van der Waals surface area (Å²) in [6.07, 6.45) is 0.0526. The van der Waals surface area contributed by atoms with E-state index in [1.165, 1.54) is 0 Å². The van der Waals surface area contributed by atoms with E-state index in [0.29, 0.717) is 18.0 Å². The number of anilines is 2. The van der Waals surface area contributed by atoms with Gasteiger partial charge in [-0.05, 0) is 42.6 Å². The molecule has 7 nitrogen and oxygen atoms in total. The Labute approximate surface area is 185 Å². The second-order valence-corrected chi connectivity index (χ2v) is 7.51. The molecule has 3 aromatic rings. The van der Waals surface area contributed by atoms with Crippen molar-refractivity contribution in [1.82, 2.24) is 0 Å². The first kappa shape index (κ1) is 21.4. The molecule has 1 fully saturated rings. The van der Waals surface area contributed by atoms with E-state index < -0.39 is 24.4 Å². The molecule has 2 amide bonds. The molecule has 1 aliphatic heterocycles. The number of rotatable bonds is 7. The first-order valence-electron chi connectivity index (χ1n) is 10.5. The lowest BCUT2D eigenvalue weighted by Gasteiger charge is -2.17. The van der Waals surface area contributed by atoms with E-state index in [9.17, 15) is 14.4 Å². The predicted molar refractivity (Wildman–Crippen MR) is 122 cm³/mol. The highest BCUT2D eigenvalue weighted by Gasteiger charge is 2.36. The third kappa shape index (κ3) is 4.72. The van der Waals surface area contributed by atoms with Gasteiger partial charge < -0.3 is 19.7 Å². The zero-order valence-corrected chi connectivity index (χ0v) is 17.7. The molecule has 0 aromatic heterocycles. The second-order valence-electron chi connectivity index (χ2n) is 7.51. The number of fused-ring (bicyclic) bond motifs is 1. The SMILES string of the molecule is CCOc1ccc(N2C[C@@H](C(=O)OCC(=O)Nc3cccc4ccccc34)CC2=O)cc1. The average Bonchev–Trinajstić information content (AvgIpc) is 3.20. The van der Waals surface area contributed by atoms with Crippen LogP contribution in [0.15, 0.2) is 66.7 Å². The maximum atomic E-state index is 12.5. The van der Waals surface area contributed by atoms with E-state index in [4.69, 9.17) is 9.47 Å². The smallest absolute Gasteiger partial charge is 0.311 e. The van der Waals surface area contributed by atoms with Crippen LogP contribution in [-0.2, 0) is 19.1 Å². The predicted octanol–water partition coefficient (Wildman–Crippen LogP) is 3.77.